The zero-order valence-corrected chi connectivity index (χ0v) is 33.2. The van der Waals surface area contributed by atoms with Crippen LogP contribution in [-0.2, 0) is 6.42 Å². The van der Waals surface area contributed by atoms with E-state index in [0.29, 0.717) is 0 Å². The number of rotatable bonds is 6. The molecule has 3 heteroatoms. The van der Waals surface area contributed by atoms with Crippen LogP contribution in [0, 0.1) is 0 Å². The highest BCUT2D eigenvalue weighted by Crippen LogP contribution is 2.49. The van der Waals surface area contributed by atoms with Gasteiger partial charge in [0.25, 0.3) is 0 Å². The normalized spacial score (nSPS) is 12.5. The van der Waals surface area contributed by atoms with E-state index in [1.165, 1.54) is 80.1 Å². The van der Waals surface area contributed by atoms with Crippen molar-refractivity contribution in [2.45, 2.75) is 12.8 Å². The number of nitrogens with zero attached hydrogens (tertiary/aromatic N) is 2. The van der Waals surface area contributed by atoms with Crippen LogP contribution in [0.4, 0.5) is 34.1 Å². The highest BCUT2D eigenvalue weighted by Gasteiger charge is 2.24. The fraction of sp³-hybridized carbons (Fsp3) is 0.0357. The minimum Gasteiger partial charge on any atom is -0.310 e. The smallest absolute Gasteiger partial charge is 0.0540 e. The van der Waals surface area contributed by atoms with E-state index in [-0.39, 0.29) is 0 Å². The molecule has 1 aromatic heterocycles. The third-order valence-electron chi connectivity index (χ3n) is 12.2. The quantitative estimate of drug-likeness (QED) is 0.155. The second-order valence-electron chi connectivity index (χ2n) is 15.6. The van der Waals surface area contributed by atoms with Gasteiger partial charge in [0.15, 0.2) is 0 Å². The van der Waals surface area contributed by atoms with E-state index < -0.39 is 0 Å². The number of hydrogen-bond donors (Lipinski definition) is 0. The topological polar surface area (TPSA) is 6.48 Å². The lowest BCUT2D eigenvalue weighted by atomic mass is 9.94. The molecule has 0 radical (unpaired) electrons. The fourth-order valence-corrected chi connectivity index (χ4v) is 10.9. The number of anilines is 6. The first-order chi connectivity index (χ1) is 29.3. The predicted octanol–water partition coefficient (Wildman–Crippen LogP) is 16.6. The van der Waals surface area contributed by atoms with Crippen LogP contribution in [0.5, 0.6) is 0 Å². The van der Waals surface area contributed by atoms with Crippen molar-refractivity contribution < 1.29 is 0 Å². The van der Waals surface area contributed by atoms with Crippen LogP contribution < -0.4 is 9.80 Å². The van der Waals surface area contributed by atoms with E-state index in [1.54, 1.807) is 0 Å². The van der Waals surface area contributed by atoms with E-state index in [1.807, 2.05) is 11.3 Å². The van der Waals surface area contributed by atoms with Crippen LogP contribution in [0.3, 0.4) is 0 Å². The van der Waals surface area contributed by atoms with Crippen LogP contribution >= 0.6 is 11.3 Å². The van der Waals surface area contributed by atoms with Crippen molar-refractivity contribution in [1.82, 2.24) is 0 Å². The first-order valence-corrected chi connectivity index (χ1v) is 21.3. The molecule has 0 bridgehead atoms. The molecule has 11 aromatic rings. The molecule has 10 aromatic carbocycles. The van der Waals surface area contributed by atoms with Crippen LogP contribution in [-0.4, -0.2) is 0 Å². The maximum absolute atomic E-state index is 2.51. The summed E-state index contributed by atoms with van der Waals surface area (Å²) in [5, 5.41) is 12.7. The maximum atomic E-state index is 2.51. The molecule has 278 valence electrons. The van der Waals surface area contributed by atoms with Crippen LogP contribution in [0.2, 0.25) is 0 Å². The van der Waals surface area contributed by atoms with Crippen LogP contribution in [0.25, 0.3) is 69.3 Å². The summed E-state index contributed by atoms with van der Waals surface area (Å²) in [4.78, 5) is 4.97. The number of allylic oxidation sites excluding steroid dienone is 1. The lowest BCUT2D eigenvalue weighted by Gasteiger charge is -2.32. The Balaban J connectivity index is 1.13. The van der Waals surface area contributed by atoms with Gasteiger partial charge in [0.2, 0.25) is 0 Å². The zero-order valence-electron chi connectivity index (χ0n) is 32.3. The molecular formula is C56H38N2S. The SMILES string of the molecule is C1=Cc2cccc(N(c3cccc(N(c4cccc5ccccc45)c4cccc5ccccc45)c3)c3ccc4c5ccccc5c5c6ccccc6sc5c4c3)c2CC1. The molecule has 1 heterocycles. The van der Waals surface area contributed by atoms with Gasteiger partial charge in [0, 0.05) is 59.1 Å². The molecule has 0 saturated heterocycles. The Bertz CT molecular complexity index is 3390. The van der Waals surface area contributed by atoms with Crippen molar-refractivity contribution in [2.24, 2.45) is 0 Å². The summed E-state index contributed by atoms with van der Waals surface area (Å²) < 4.78 is 2.66. The van der Waals surface area contributed by atoms with Gasteiger partial charge in [0.05, 0.1) is 11.4 Å². The van der Waals surface area contributed by atoms with Gasteiger partial charge in [-0.1, -0.05) is 152 Å². The van der Waals surface area contributed by atoms with Gasteiger partial charge < -0.3 is 9.80 Å². The van der Waals surface area contributed by atoms with Crippen LogP contribution in [0.1, 0.15) is 17.5 Å². The highest BCUT2D eigenvalue weighted by molar-refractivity contribution is 7.27. The third kappa shape index (κ3) is 5.46. The molecule has 0 fully saturated rings. The Morgan fingerprint density at radius 2 is 0.949 bits per heavy atom. The fourth-order valence-electron chi connectivity index (χ4n) is 9.61. The second kappa shape index (κ2) is 13.7. The van der Waals surface area contributed by atoms with Gasteiger partial charge >= 0.3 is 0 Å². The molecule has 0 N–H and O–H groups in total. The van der Waals surface area contributed by atoms with Gasteiger partial charge in [-0.25, -0.2) is 0 Å². The van der Waals surface area contributed by atoms with E-state index in [9.17, 15) is 0 Å². The Labute approximate surface area is 347 Å². The molecular weight excluding hydrogens is 733 g/mol. The van der Waals surface area contributed by atoms with Gasteiger partial charge in [0.1, 0.15) is 0 Å². The summed E-state index contributed by atoms with van der Waals surface area (Å²) in [6, 6.07) is 71.7. The average Bonchev–Trinajstić information content (AvgIpc) is 3.70. The predicted molar refractivity (Wildman–Crippen MR) is 256 cm³/mol. The maximum Gasteiger partial charge on any atom is 0.0540 e. The molecule has 1 aliphatic carbocycles. The average molecular weight is 771 g/mol. The number of fused-ring (bicyclic) bond motifs is 11. The van der Waals surface area contributed by atoms with Crippen molar-refractivity contribution in [2.75, 3.05) is 9.80 Å². The molecule has 0 aliphatic heterocycles. The molecule has 0 saturated carbocycles. The second-order valence-corrected chi connectivity index (χ2v) is 16.6. The Morgan fingerprint density at radius 1 is 0.390 bits per heavy atom. The minimum atomic E-state index is 0.995. The van der Waals surface area contributed by atoms with Crippen molar-refractivity contribution in [3.63, 3.8) is 0 Å². The Morgan fingerprint density at radius 3 is 1.71 bits per heavy atom. The molecule has 0 unspecified atom stereocenters. The van der Waals surface area contributed by atoms with Crippen molar-refractivity contribution in [3.05, 3.63) is 211 Å². The number of hydrogen-bond acceptors (Lipinski definition) is 3. The standard InChI is InChI=1S/C56H38N2S/c1-4-23-43-37(15-1)18-11-29-51(43)57(42-33-34-47-46-26-7-8-27-48(46)55-49-28-9-10-32-54(49)59-56(55)50(47)36-42)40-21-14-22-41(35-40)58(52-30-12-19-38-16-2-5-24-44(38)52)53-31-13-20-39-17-3-6-25-45(39)53/h1-3,5-22,24-36H,4,23H2. The highest BCUT2D eigenvalue weighted by atomic mass is 32.1. The lowest BCUT2D eigenvalue weighted by molar-refractivity contribution is 0.979. The van der Waals surface area contributed by atoms with Gasteiger partial charge in [-0.3, -0.25) is 0 Å². The first-order valence-electron chi connectivity index (χ1n) is 20.5. The number of benzene rings is 10. The largest absolute Gasteiger partial charge is 0.310 e. The zero-order chi connectivity index (χ0) is 38.9. The Kier molecular flexibility index (Phi) is 7.89. The summed E-state index contributed by atoms with van der Waals surface area (Å²) in [7, 11) is 0. The molecule has 2 nitrogen and oxygen atoms in total. The monoisotopic (exact) mass is 770 g/mol. The summed E-state index contributed by atoms with van der Waals surface area (Å²) in [6.45, 7) is 0. The van der Waals surface area contributed by atoms with Crippen molar-refractivity contribution >= 4 is 115 Å². The molecule has 0 amide bonds. The molecule has 0 atom stereocenters. The summed E-state index contributed by atoms with van der Waals surface area (Å²) in [5.41, 5.74) is 9.55. The van der Waals surface area contributed by atoms with Crippen molar-refractivity contribution in [3.8, 4) is 0 Å². The molecule has 0 spiro atoms. The van der Waals surface area contributed by atoms with E-state index in [4.69, 9.17) is 0 Å². The van der Waals surface area contributed by atoms with Crippen molar-refractivity contribution in [1.29, 1.82) is 0 Å². The van der Waals surface area contributed by atoms with Gasteiger partial charge in [-0.15, -0.1) is 11.3 Å². The van der Waals surface area contributed by atoms with E-state index in [2.05, 4.69) is 216 Å². The molecule has 59 heavy (non-hydrogen) atoms. The first kappa shape index (κ1) is 33.9. The molecule has 12 rings (SSSR count). The minimum absolute atomic E-state index is 0.995. The van der Waals surface area contributed by atoms with E-state index in [0.717, 1.165) is 41.3 Å². The third-order valence-corrected chi connectivity index (χ3v) is 13.4. The van der Waals surface area contributed by atoms with E-state index >= 15 is 0 Å². The van der Waals surface area contributed by atoms with Gasteiger partial charge in [-0.2, -0.15) is 0 Å². The lowest BCUT2D eigenvalue weighted by Crippen LogP contribution is -2.15. The number of thiophene rings is 1. The summed E-state index contributed by atoms with van der Waals surface area (Å²) in [5.74, 6) is 0. The Hall–Kier alpha value is -7.20. The summed E-state index contributed by atoms with van der Waals surface area (Å²) in [6.07, 6.45) is 6.63. The van der Waals surface area contributed by atoms with Gasteiger partial charge in [-0.05, 0) is 105 Å². The molecule has 1 aliphatic rings. The summed E-state index contributed by atoms with van der Waals surface area (Å²) >= 11 is 1.91. The van der Waals surface area contributed by atoms with Crippen LogP contribution in [0.15, 0.2) is 200 Å².